The molecule has 114 valence electrons. The molecule has 2 aromatic heterocycles. The van der Waals surface area contributed by atoms with E-state index >= 15 is 0 Å². The molecule has 0 bridgehead atoms. The number of hydrogen-bond donors (Lipinski definition) is 1. The topological polar surface area (TPSA) is 46.4 Å². The van der Waals surface area contributed by atoms with Gasteiger partial charge in [-0.15, -0.1) is 11.3 Å². The second-order valence-electron chi connectivity index (χ2n) is 5.16. The van der Waals surface area contributed by atoms with Crippen molar-refractivity contribution in [3.05, 3.63) is 46.6 Å². The molecule has 2 heterocycles. The van der Waals surface area contributed by atoms with E-state index in [1.165, 1.54) is 11.3 Å². The lowest BCUT2D eigenvalue weighted by Gasteiger charge is -2.10. The van der Waals surface area contributed by atoms with Crippen LogP contribution in [-0.2, 0) is 0 Å². The molecule has 6 heteroatoms. The molecule has 0 saturated heterocycles. The van der Waals surface area contributed by atoms with Crippen LogP contribution in [-0.4, -0.2) is 21.3 Å². The number of hydrogen-bond acceptors (Lipinski definition) is 3. The van der Waals surface area contributed by atoms with Crippen molar-refractivity contribution in [2.24, 2.45) is 0 Å². The number of imidazole rings is 1. The number of aromatic nitrogens is 2. The lowest BCUT2D eigenvalue weighted by Crippen LogP contribution is -2.32. The standard InChI is InChI=1S/C16H16ClN3OS/c1-3-10(2)18-15(21)14-9-22-16-19-13(8-20(14)16)11-6-4-5-7-12(11)17/h4-10H,3H2,1-2H3,(H,18,21)/t10-/m0/s1. The second kappa shape index (κ2) is 6.10. The molecular weight excluding hydrogens is 318 g/mol. The fraction of sp³-hybridized carbons (Fsp3) is 0.250. The molecule has 4 nitrogen and oxygen atoms in total. The van der Waals surface area contributed by atoms with Gasteiger partial charge in [-0.05, 0) is 19.4 Å². The predicted molar refractivity (Wildman–Crippen MR) is 90.7 cm³/mol. The minimum absolute atomic E-state index is 0.0799. The monoisotopic (exact) mass is 333 g/mol. The summed E-state index contributed by atoms with van der Waals surface area (Å²) in [6.45, 7) is 4.03. The molecule has 3 rings (SSSR count). The Morgan fingerprint density at radius 2 is 2.23 bits per heavy atom. The molecule has 0 unspecified atom stereocenters. The van der Waals surface area contributed by atoms with Crippen LogP contribution in [0.15, 0.2) is 35.8 Å². The van der Waals surface area contributed by atoms with Gasteiger partial charge in [0.05, 0.1) is 10.7 Å². The number of halogens is 1. The summed E-state index contributed by atoms with van der Waals surface area (Å²) in [4.78, 5) is 17.7. The first kappa shape index (κ1) is 15.1. The largest absolute Gasteiger partial charge is 0.348 e. The summed E-state index contributed by atoms with van der Waals surface area (Å²) in [6.07, 6.45) is 2.76. The Labute approximate surface area is 137 Å². The van der Waals surface area contributed by atoms with Gasteiger partial charge in [0.2, 0.25) is 0 Å². The van der Waals surface area contributed by atoms with Crippen LogP contribution >= 0.6 is 22.9 Å². The predicted octanol–water partition coefficient (Wildman–Crippen LogP) is 4.24. The van der Waals surface area contributed by atoms with Crippen molar-refractivity contribution in [3.8, 4) is 11.3 Å². The number of nitrogens with zero attached hydrogens (tertiary/aromatic N) is 2. The van der Waals surface area contributed by atoms with Crippen LogP contribution in [0.2, 0.25) is 5.02 Å². The Hall–Kier alpha value is -1.85. The van der Waals surface area contributed by atoms with Crippen molar-refractivity contribution in [2.75, 3.05) is 0 Å². The fourth-order valence-corrected chi connectivity index (χ4v) is 3.23. The SMILES string of the molecule is CC[C@H](C)NC(=O)c1csc2nc(-c3ccccc3Cl)cn12. The summed E-state index contributed by atoms with van der Waals surface area (Å²) in [5.41, 5.74) is 2.24. The highest BCUT2D eigenvalue weighted by atomic mass is 35.5. The number of rotatable bonds is 4. The van der Waals surface area contributed by atoms with Gasteiger partial charge in [-0.3, -0.25) is 9.20 Å². The number of thiazole rings is 1. The minimum atomic E-state index is -0.0799. The van der Waals surface area contributed by atoms with Crippen LogP contribution < -0.4 is 5.32 Å². The average Bonchev–Trinajstić information content (AvgIpc) is 3.07. The Kier molecular flexibility index (Phi) is 4.18. The van der Waals surface area contributed by atoms with E-state index < -0.39 is 0 Å². The number of fused-ring (bicyclic) bond motifs is 1. The van der Waals surface area contributed by atoms with Crippen molar-refractivity contribution < 1.29 is 4.79 Å². The summed E-state index contributed by atoms with van der Waals surface area (Å²) in [5, 5.41) is 5.46. The molecule has 3 aromatic rings. The zero-order valence-corrected chi connectivity index (χ0v) is 13.9. The van der Waals surface area contributed by atoms with Gasteiger partial charge in [0.15, 0.2) is 4.96 Å². The summed E-state index contributed by atoms with van der Waals surface area (Å²) in [6, 6.07) is 7.71. The Morgan fingerprint density at radius 1 is 1.45 bits per heavy atom. The summed E-state index contributed by atoms with van der Waals surface area (Å²) < 4.78 is 1.82. The fourth-order valence-electron chi connectivity index (χ4n) is 2.15. The quantitative estimate of drug-likeness (QED) is 0.776. The number of benzene rings is 1. The van der Waals surface area contributed by atoms with Crippen LogP contribution in [0.5, 0.6) is 0 Å². The van der Waals surface area contributed by atoms with Crippen LogP contribution in [0, 0.1) is 0 Å². The molecule has 22 heavy (non-hydrogen) atoms. The molecule has 0 aliphatic rings. The Bertz CT molecular complexity index is 824. The number of nitrogens with one attached hydrogen (secondary N) is 1. The van der Waals surface area contributed by atoms with Crippen LogP contribution in [0.25, 0.3) is 16.2 Å². The molecule has 0 fully saturated rings. The average molecular weight is 334 g/mol. The molecule has 0 saturated carbocycles. The molecule has 1 amide bonds. The third kappa shape index (κ3) is 2.74. The lowest BCUT2D eigenvalue weighted by molar-refractivity contribution is 0.0933. The van der Waals surface area contributed by atoms with Crippen molar-refractivity contribution in [3.63, 3.8) is 0 Å². The summed E-state index contributed by atoms with van der Waals surface area (Å²) in [7, 11) is 0. The van der Waals surface area contributed by atoms with Gasteiger partial charge < -0.3 is 5.32 Å². The highest BCUT2D eigenvalue weighted by Gasteiger charge is 2.17. The molecule has 0 aliphatic heterocycles. The van der Waals surface area contributed by atoms with E-state index in [0.717, 1.165) is 22.6 Å². The van der Waals surface area contributed by atoms with Gasteiger partial charge in [0.1, 0.15) is 5.69 Å². The van der Waals surface area contributed by atoms with Crippen LogP contribution in [0.4, 0.5) is 0 Å². The normalized spacial score (nSPS) is 12.5. The van der Waals surface area contributed by atoms with Gasteiger partial charge in [-0.25, -0.2) is 4.98 Å². The molecule has 0 radical (unpaired) electrons. The smallest absolute Gasteiger partial charge is 0.269 e. The molecule has 1 N–H and O–H groups in total. The van der Waals surface area contributed by atoms with Gasteiger partial charge in [-0.2, -0.15) is 0 Å². The highest BCUT2D eigenvalue weighted by Crippen LogP contribution is 2.29. The second-order valence-corrected chi connectivity index (χ2v) is 6.41. The van der Waals surface area contributed by atoms with Gasteiger partial charge in [-0.1, -0.05) is 36.7 Å². The molecule has 1 aromatic carbocycles. The maximum absolute atomic E-state index is 12.3. The molecule has 0 aliphatic carbocycles. The molecular formula is C16H16ClN3OS. The van der Waals surface area contributed by atoms with Gasteiger partial charge >= 0.3 is 0 Å². The van der Waals surface area contributed by atoms with Gasteiger partial charge in [0, 0.05) is 23.2 Å². The first-order valence-corrected chi connectivity index (χ1v) is 8.38. The van der Waals surface area contributed by atoms with Crippen molar-refractivity contribution in [1.82, 2.24) is 14.7 Å². The third-order valence-electron chi connectivity index (χ3n) is 3.58. The zero-order valence-electron chi connectivity index (χ0n) is 12.3. The number of carbonyl (C=O) groups is 1. The lowest BCUT2D eigenvalue weighted by atomic mass is 10.2. The Morgan fingerprint density at radius 3 is 2.95 bits per heavy atom. The van der Waals surface area contributed by atoms with Crippen LogP contribution in [0.3, 0.4) is 0 Å². The van der Waals surface area contributed by atoms with E-state index in [1.807, 2.05) is 54.1 Å². The number of amides is 1. The zero-order chi connectivity index (χ0) is 15.7. The van der Waals surface area contributed by atoms with Crippen molar-refractivity contribution in [1.29, 1.82) is 0 Å². The first-order valence-electron chi connectivity index (χ1n) is 7.12. The van der Waals surface area contributed by atoms with Crippen molar-refractivity contribution in [2.45, 2.75) is 26.3 Å². The van der Waals surface area contributed by atoms with E-state index in [0.29, 0.717) is 10.7 Å². The van der Waals surface area contributed by atoms with E-state index in [-0.39, 0.29) is 11.9 Å². The summed E-state index contributed by atoms with van der Waals surface area (Å²) in [5.74, 6) is -0.0799. The van der Waals surface area contributed by atoms with E-state index in [1.54, 1.807) is 0 Å². The third-order valence-corrected chi connectivity index (χ3v) is 4.75. The van der Waals surface area contributed by atoms with Crippen molar-refractivity contribution >= 4 is 33.8 Å². The molecule has 1 atom stereocenters. The highest BCUT2D eigenvalue weighted by molar-refractivity contribution is 7.15. The van der Waals surface area contributed by atoms with E-state index in [2.05, 4.69) is 10.3 Å². The van der Waals surface area contributed by atoms with E-state index in [4.69, 9.17) is 11.6 Å². The first-order chi connectivity index (χ1) is 10.6. The van der Waals surface area contributed by atoms with E-state index in [9.17, 15) is 4.79 Å². The molecule has 0 spiro atoms. The Balaban J connectivity index is 1.99. The summed E-state index contributed by atoms with van der Waals surface area (Å²) >= 11 is 7.66. The number of carbonyl (C=O) groups excluding carboxylic acids is 1. The minimum Gasteiger partial charge on any atom is -0.348 e. The maximum atomic E-state index is 12.3. The maximum Gasteiger partial charge on any atom is 0.269 e. The van der Waals surface area contributed by atoms with Gasteiger partial charge in [0.25, 0.3) is 5.91 Å². The van der Waals surface area contributed by atoms with Crippen LogP contribution in [0.1, 0.15) is 30.8 Å².